The third kappa shape index (κ3) is 4.34. The Labute approximate surface area is 143 Å². The lowest BCUT2D eigenvalue weighted by Crippen LogP contribution is -2.59. The first-order valence-corrected chi connectivity index (χ1v) is 9.45. The molecule has 1 fully saturated rings. The molecule has 1 aromatic heterocycles. The smallest absolute Gasteiger partial charge is 0.245 e. The van der Waals surface area contributed by atoms with E-state index in [4.69, 9.17) is 0 Å². The number of carbonyl (C=O) groups is 2. The Hall–Kier alpha value is -1.36. The van der Waals surface area contributed by atoms with Crippen molar-refractivity contribution in [3.63, 3.8) is 0 Å². The van der Waals surface area contributed by atoms with Crippen molar-refractivity contribution in [1.29, 1.82) is 0 Å². The van der Waals surface area contributed by atoms with Crippen LogP contribution in [-0.2, 0) is 16.0 Å². The first-order chi connectivity index (χ1) is 11.0. The summed E-state index contributed by atoms with van der Waals surface area (Å²) in [7, 11) is 1.75. The van der Waals surface area contributed by atoms with Crippen LogP contribution in [0.4, 0.5) is 0 Å². The van der Waals surface area contributed by atoms with Gasteiger partial charge in [0.1, 0.15) is 5.54 Å². The zero-order valence-electron chi connectivity index (χ0n) is 14.4. The molecule has 0 spiro atoms. The topological polar surface area (TPSA) is 49.4 Å². The third-order valence-corrected chi connectivity index (χ3v) is 6.01. The van der Waals surface area contributed by atoms with E-state index in [1.807, 2.05) is 31.4 Å². The molecule has 23 heavy (non-hydrogen) atoms. The predicted molar refractivity (Wildman–Crippen MR) is 94.5 cm³/mol. The number of thiophene rings is 1. The van der Waals surface area contributed by atoms with Crippen LogP contribution in [0, 0.1) is 0 Å². The molecule has 1 aliphatic carbocycles. The highest BCUT2D eigenvalue weighted by Gasteiger charge is 2.39. The normalized spacial score (nSPS) is 18.2. The van der Waals surface area contributed by atoms with E-state index in [1.165, 1.54) is 19.3 Å². The van der Waals surface area contributed by atoms with Crippen LogP contribution in [0.3, 0.4) is 0 Å². The van der Waals surface area contributed by atoms with E-state index in [-0.39, 0.29) is 17.9 Å². The van der Waals surface area contributed by atoms with Crippen LogP contribution in [0.25, 0.3) is 0 Å². The maximum absolute atomic E-state index is 12.8. The standard InChI is InChI=1S/C18H28N2O2S/c1-4-18(2,17(22)19-14-9-6-5-7-10-14)20(3)16(21)13-15-11-8-12-23-15/h8,11-12,14H,4-7,9-10,13H2,1-3H3,(H,19,22)/t18-/m1/s1. The molecule has 1 aromatic rings. The molecule has 1 heterocycles. The fourth-order valence-electron chi connectivity index (χ4n) is 3.09. The van der Waals surface area contributed by atoms with Gasteiger partial charge < -0.3 is 10.2 Å². The van der Waals surface area contributed by atoms with Crippen molar-refractivity contribution in [2.45, 2.75) is 70.4 Å². The summed E-state index contributed by atoms with van der Waals surface area (Å²) >= 11 is 1.58. The summed E-state index contributed by atoms with van der Waals surface area (Å²) in [5, 5.41) is 5.14. The van der Waals surface area contributed by atoms with Crippen molar-refractivity contribution >= 4 is 23.2 Å². The maximum Gasteiger partial charge on any atom is 0.245 e. The van der Waals surface area contributed by atoms with Crippen molar-refractivity contribution in [3.05, 3.63) is 22.4 Å². The number of amides is 2. The van der Waals surface area contributed by atoms with Gasteiger partial charge in [-0.05, 0) is 37.6 Å². The molecule has 1 N–H and O–H groups in total. The number of nitrogens with one attached hydrogen (secondary N) is 1. The highest BCUT2D eigenvalue weighted by Crippen LogP contribution is 2.23. The Kier molecular flexibility index (Phi) is 6.22. The predicted octanol–water partition coefficient (Wildman–Crippen LogP) is 3.37. The highest BCUT2D eigenvalue weighted by atomic mass is 32.1. The molecule has 0 radical (unpaired) electrons. The Bertz CT molecular complexity index is 523. The van der Waals surface area contributed by atoms with Gasteiger partial charge in [-0.15, -0.1) is 11.3 Å². The lowest BCUT2D eigenvalue weighted by atomic mass is 9.91. The number of likely N-dealkylation sites (N-methyl/N-ethyl adjacent to an activating group) is 1. The van der Waals surface area contributed by atoms with E-state index in [1.54, 1.807) is 23.3 Å². The maximum atomic E-state index is 12.8. The van der Waals surface area contributed by atoms with Crippen molar-refractivity contribution < 1.29 is 9.59 Å². The second kappa shape index (κ2) is 7.95. The number of hydrogen-bond donors (Lipinski definition) is 1. The van der Waals surface area contributed by atoms with Crippen LogP contribution >= 0.6 is 11.3 Å². The van der Waals surface area contributed by atoms with Crippen molar-refractivity contribution in [2.75, 3.05) is 7.05 Å². The molecule has 2 rings (SSSR count). The Morgan fingerprint density at radius 1 is 1.35 bits per heavy atom. The number of rotatable bonds is 6. The molecule has 0 unspecified atom stereocenters. The molecule has 1 aliphatic rings. The van der Waals surface area contributed by atoms with E-state index in [9.17, 15) is 9.59 Å². The number of nitrogens with zero attached hydrogens (tertiary/aromatic N) is 1. The summed E-state index contributed by atoms with van der Waals surface area (Å²) in [6, 6.07) is 4.17. The summed E-state index contributed by atoms with van der Waals surface area (Å²) in [5.41, 5.74) is -0.786. The zero-order chi connectivity index (χ0) is 16.9. The van der Waals surface area contributed by atoms with Gasteiger partial charge in [0.15, 0.2) is 0 Å². The monoisotopic (exact) mass is 336 g/mol. The van der Waals surface area contributed by atoms with Gasteiger partial charge in [-0.3, -0.25) is 9.59 Å². The quantitative estimate of drug-likeness (QED) is 0.866. The Morgan fingerprint density at radius 2 is 2.04 bits per heavy atom. The van der Waals surface area contributed by atoms with Crippen LogP contribution < -0.4 is 5.32 Å². The van der Waals surface area contributed by atoms with Gasteiger partial charge in [-0.1, -0.05) is 32.3 Å². The first-order valence-electron chi connectivity index (χ1n) is 8.57. The highest BCUT2D eigenvalue weighted by molar-refractivity contribution is 7.10. The van der Waals surface area contributed by atoms with Gasteiger partial charge in [0.25, 0.3) is 0 Å². The van der Waals surface area contributed by atoms with Crippen molar-refractivity contribution in [2.24, 2.45) is 0 Å². The van der Waals surface area contributed by atoms with Crippen LogP contribution in [0.15, 0.2) is 17.5 Å². The SMILES string of the molecule is CC[C@](C)(C(=O)NC1CCCCC1)N(C)C(=O)Cc1cccs1. The van der Waals surface area contributed by atoms with Gasteiger partial charge >= 0.3 is 0 Å². The fourth-order valence-corrected chi connectivity index (χ4v) is 3.79. The minimum absolute atomic E-state index is 0.00408. The number of hydrogen-bond acceptors (Lipinski definition) is 3. The minimum Gasteiger partial charge on any atom is -0.351 e. The van der Waals surface area contributed by atoms with Crippen LogP contribution in [0.1, 0.15) is 57.2 Å². The van der Waals surface area contributed by atoms with Gasteiger partial charge in [0, 0.05) is 18.0 Å². The molecular weight excluding hydrogens is 308 g/mol. The molecule has 128 valence electrons. The molecule has 0 aromatic carbocycles. The molecule has 1 atom stereocenters. The second-order valence-electron chi connectivity index (χ2n) is 6.64. The molecular formula is C18H28N2O2S. The van der Waals surface area contributed by atoms with Crippen molar-refractivity contribution in [3.8, 4) is 0 Å². The van der Waals surface area contributed by atoms with E-state index < -0.39 is 5.54 Å². The van der Waals surface area contributed by atoms with Crippen molar-refractivity contribution in [1.82, 2.24) is 10.2 Å². The molecule has 2 amide bonds. The van der Waals surface area contributed by atoms with Gasteiger partial charge in [-0.25, -0.2) is 0 Å². The van der Waals surface area contributed by atoms with Crippen LogP contribution in [0.2, 0.25) is 0 Å². The van der Waals surface area contributed by atoms with Crippen LogP contribution in [0.5, 0.6) is 0 Å². The van der Waals surface area contributed by atoms with Crippen LogP contribution in [-0.4, -0.2) is 35.3 Å². The summed E-state index contributed by atoms with van der Waals surface area (Å²) in [6.45, 7) is 3.84. The average molecular weight is 337 g/mol. The fraction of sp³-hybridized carbons (Fsp3) is 0.667. The summed E-state index contributed by atoms with van der Waals surface area (Å²) in [6.07, 6.45) is 6.70. The molecule has 4 nitrogen and oxygen atoms in total. The van der Waals surface area contributed by atoms with E-state index in [0.29, 0.717) is 12.8 Å². The first kappa shape index (κ1) is 18.0. The Morgan fingerprint density at radius 3 is 2.61 bits per heavy atom. The average Bonchev–Trinajstić information content (AvgIpc) is 3.07. The molecule has 1 saturated carbocycles. The van der Waals surface area contributed by atoms with E-state index >= 15 is 0 Å². The lowest BCUT2D eigenvalue weighted by molar-refractivity contribution is -0.145. The zero-order valence-corrected chi connectivity index (χ0v) is 15.2. The van der Waals surface area contributed by atoms with E-state index in [2.05, 4.69) is 5.32 Å². The number of carbonyl (C=O) groups excluding carboxylic acids is 2. The van der Waals surface area contributed by atoms with E-state index in [0.717, 1.165) is 17.7 Å². The summed E-state index contributed by atoms with van der Waals surface area (Å²) in [4.78, 5) is 28.0. The molecule has 0 bridgehead atoms. The Balaban J connectivity index is 2.01. The largest absolute Gasteiger partial charge is 0.351 e. The molecule has 0 aliphatic heterocycles. The minimum atomic E-state index is -0.786. The molecule has 0 saturated heterocycles. The summed E-state index contributed by atoms with van der Waals surface area (Å²) < 4.78 is 0. The third-order valence-electron chi connectivity index (χ3n) is 5.14. The second-order valence-corrected chi connectivity index (χ2v) is 7.68. The van der Waals surface area contributed by atoms with Gasteiger partial charge in [-0.2, -0.15) is 0 Å². The summed E-state index contributed by atoms with van der Waals surface area (Å²) in [5.74, 6) is -0.0236. The van der Waals surface area contributed by atoms with Gasteiger partial charge in [0.05, 0.1) is 6.42 Å². The lowest BCUT2D eigenvalue weighted by Gasteiger charge is -2.38. The molecule has 5 heteroatoms. The van der Waals surface area contributed by atoms with Gasteiger partial charge in [0.2, 0.25) is 11.8 Å².